The van der Waals surface area contributed by atoms with Crippen molar-refractivity contribution in [3.05, 3.63) is 47.7 Å². The predicted molar refractivity (Wildman–Crippen MR) is 95.9 cm³/mol. The maximum absolute atomic E-state index is 10.5. The van der Waals surface area contributed by atoms with Crippen LogP contribution in [-0.4, -0.2) is 14.9 Å². The van der Waals surface area contributed by atoms with E-state index in [9.17, 15) is 5.11 Å². The lowest BCUT2D eigenvalue weighted by Crippen LogP contribution is -2.09. The van der Waals surface area contributed by atoms with Gasteiger partial charge in [0.25, 0.3) is 0 Å². The molecule has 2 rings (SSSR count). The van der Waals surface area contributed by atoms with E-state index in [-0.39, 0.29) is 0 Å². The molecule has 2 aromatic rings. The van der Waals surface area contributed by atoms with Crippen molar-refractivity contribution >= 4 is 54.5 Å². The summed E-state index contributed by atoms with van der Waals surface area (Å²) in [6.45, 7) is 4.81. The van der Waals surface area contributed by atoms with E-state index in [0.717, 1.165) is 36.0 Å². The van der Waals surface area contributed by atoms with Crippen molar-refractivity contribution < 1.29 is 5.11 Å². The topological polar surface area (TPSA) is 38.0 Å². The van der Waals surface area contributed by atoms with Gasteiger partial charge in [-0.25, -0.2) is 0 Å². The number of nitrogens with zero attached hydrogens (tertiary/aromatic N) is 2. The number of benzene rings is 1. The maximum atomic E-state index is 10.5. The molecule has 1 heterocycles. The summed E-state index contributed by atoms with van der Waals surface area (Å²) in [6.07, 6.45) is -0.0229. The molecule has 1 aromatic carbocycles. The fourth-order valence-electron chi connectivity index (χ4n) is 2.13. The highest BCUT2D eigenvalue weighted by atomic mass is 127. The standard InChI is InChI=1S/C14H15Br2IN2O/c1-3-19-12(14(16)8(2)18-19)7-13(20)10-6-9(17)4-5-11(10)15/h4-6,13,20H,3,7H2,1-2H3. The van der Waals surface area contributed by atoms with Gasteiger partial charge in [0.15, 0.2) is 0 Å². The average molecular weight is 514 g/mol. The zero-order chi connectivity index (χ0) is 14.9. The summed E-state index contributed by atoms with van der Waals surface area (Å²) in [5.41, 5.74) is 2.89. The number of aliphatic hydroxyl groups excluding tert-OH is 1. The van der Waals surface area contributed by atoms with Crippen molar-refractivity contribution in [2.24, 2.45) is 0 Å². The van der Waals surface area contributed by atoms with Crippen LogP contribution in [0.2, 0.25) is 0 Å². The summed E-state index contributed by atoms with van der Waals surface area (Å²) in [5, 5.41) is 15.0. The Morgan fingerprint density at radius 3 is 2.75 bits per heavy atom. The zero-order valence-electron chi connectivity index (χ0n) is 11.2. The Kier molecular flexibility index (Phi) is 5.67. The first-order chi connectivity index (χ1) is 9.43. The quantitative estimate of drug-likeness (QED) is 0.606. The largest absolute Gasteiger partial charge is 0.388 e. The third-order valence-corrected chi connectivity index (χ3v) is 5.58. The Balaban J connectivity index is 2.32. The monoisotopic (exact) mass is 512 g/mol. The van der Waals surface area contributed by atoms with Crippen LogP contribution in [0, 0.1) is 10.5 Å². The van der Waals surface area contributed by atoms with Crippen LogP contribution >= 0.6 is 54.5 Å². The molecule has 0 fully saturated rings. The van der Waals surface area contributed by atoms with Crippen LogP contribution in [0.1, 0.15) is 30.0 Å². The summed E-state index contributed by atoms with van der Waals surface area (Å²) >= 11 is 9.33. The molecule has 0 spiro atoms. The lowest BCUT2D eigenvalue weighted by Gasteiger charge is -2.14. The molecule has 0 radical (unpaired) electrons. The molecule has 0 saturated carbocycles. The molecule has 1 aromatic heterocycles. The fraction of sp³-hybridized carbons (Fsp3) is 0.357. The van der Waals surface area contributed by atoms with Crippen LogP contribution in [0.5, 0.6) is 0 Å². The molecule has 0 bridgehead atoms. The lowest BCUT2D eigenvalue weighted by molar-refractivity contribution is 0.174. The van der Waals surface area contributed by atoms with Crippen molar-refractivity contribution in [1.82, 2.24) is 9.78 Å². The first-order valence-electron chi connectivity index (χ1n) is 6.28. The number of hydrogen-bond donors (Lipinski definition) is 1. The van der Waals surface area contributed by atoms with Crippen molar-refractivity contribution in [1.29, 1.82) is 0 Å². The SMILES string of the molecule is CCn1nc(C)c(Br)c1CC(O)c1cc(I)ccc1Br. The zero-order valence-corrected chi connectivity index (χ0v) is 16.5. The Hall–Kier alpha value is 0.0800. The Morgan fingerprint density at radius 1 is 1.40 bits per heavy atom. The summed E-state index contributed by atoms with van der Waals surface area (Å²) in [4.78, 5) is 0. The Morgan fingerprint density at radius 2 is 2.10 bits per heavy atom. The van der Waals surface area contributed by atoms with Crippen molar-refractivity contribution in [3.63, 3.8) is 0 Å². The van der Waals surface area contributed by atoms with Gasteiger partial charge >= 0.3 is 0 Å². The van der Waals surface area contributed by atoms with Crippen LogP contribution in [0.3, 0.4) is 0 Å². The summed E-state index contributed by atoms with van der Waals surface area (Å²) in [6, 6.07) is 5.98. The van der Waals surface area contributed by atoms with Gasteiger partial charge in [0, 0.05) is 21.0 Å². The van der Waals surface area contributed by atoms with Crippen LogP contribution in [0.4, 0.5) is 0 Å². The summed E-state index contributed by atoms with van der Waals surface area (Å²) in [7, 11) is 0. The molecule has 6 heteroatoms. The molecule has 20 heavy (non-hydrogen) atoms. The summed E-state index contributed by atoms with van der Waals surface area (Å²) < 4.78 is 4.96. The number of aryl methyl sites for hydroxylation is 2. The molecule has 0 aliphatic heterocycles. The lowest BCUT2D eigenvalue weighted by atomic mass is 10.0. The van der Waals surface area contributed by atoms with Gasteiger partial charge in [0.2, 0.25) is 0 Å². The van der Waals surface area contributed by atoms with E-state index in [1.165, 1.54) is 0 Å². The molecule has 1 atom stereocenters. The smallest absolute Gasteiger partial charge is 0.0857 e. The van der Waals surface area contributed by atoms with E-state index < -0.39 is 6.10 Å². The third-order valence-electron chi connectivity index (χ3n) is 3.16. The van der Waals surface area contributed by atoms with Crippen molar-refractivity contribution in [2.75, 3.05) is 0 Å². The van der Waals surface area contributed by atoms with Crippen molar-refractivity contribution in [3.8, 4) is 0 Å². The van der Waals surface area contributed by atoms with Gasteiger partial charge in [-0.3, -0.25) is 4.68 Å². The third kappa shape index (κ3) is 3.45. The minimum Gasteiger partial charge on any atom is -0.388 e. The highest BCUT2D eigenvalue weighted by Gasteiger charge is 2.19. The predicted octanol–water partition coefficient (Wildman–Crippen LogP) is 4.62. The van der Waals surface area contributed by atoms with Gasteiger partial charge in [-0.15, -0.1) is 0 Å². The van der Waals surface area contributed by atoms with Crippen LogP contribution in [0.25, 0.3) is 0 Å². The first-order valence-corrected chi connectivity index (χ1v) is 8.95. The van der Waals surface area contributed by atoms with E-state index in [1.54, 1.807) is 0 Å². The number of aliphatic hydroxyl groups is 1. The normalized spacial score (nSPS) is 12.7. The second-order valence-electron chi connectivity index (χ2n) is 4.55. The molecule has 0 aliphatic carbocycles. The minimum absolute atomic E-state index is 0.536. The molecule has 1 N–H and O–H groups in total. The van der Waals surface area contributed by atoms with E-state index in [4.69, 9.17) is 0 Å². The fourth-order valence-corrected chi connectivity index (χ4v) is 3.60. The molecule has 0 saturated heterocycles. The first kappa shape index (κ1) is 16.5. The molecule has 1 unspecified atom stereocenters. The molecule has 108 valence electrons. The van der Waals surface area contributed by atoms with Gasteiger partial charge in [-0.1, -0.05) is 15.9 Å². The van der Waals surface area contributed by atoms with Gasteiger partial charge < -0.3 is 5.11 Å². The van der Waals surface area contributed by atoms with E-state index >= 15 is 0 Å². The van der Waals surface area contributed by atoms with Gasteiger partial charge in [0.05, 0.1) is 22.0 Å². The second kappa shape index (κ2) is 6.89. The molecule has 0 aliphatic rings. The average Bonchev–Trinajstić information content (AvgIpc) is 2.69. The van der Waals surface area contributed by atoms with E-state index in [2.05, 4.69) is 66.5 Å². The Bertz CT molecular complexity index is 628. The highest BCUT2D eigenvalue weighted by Crippen LogP contribution is 2.30. The number of halogens is 3. The van der Waals surface area contributed by atoms with E-state index in [1.807, 2.05) is 29.8 Å². The summed E-state index contributed by atoms with van der Waals surface area (Å²) in [5.74, 6) is 0. The molecular weight excluding hydrogens is 499 g/mol. The highest BCUT2D eigenvalue weighted by molar-refractivity contribution is 14.1. The minimum atomic E-state index is -0.559. The van der Waals surface area contributed by atoms with E-state index in [0.29, 0.717) is 6.42 Å². The van der Waals surface area contributed by atoms with Crippen LogP contribution in [-0.2, 0) is 13.0 Å². The second-order valence-corrected chi connectivity index (χ2v) is 7.44. The van der Waals surface area contributed by atoms with Crippen LogP contribution in [0.15, 0.2) is 27.1 Å². The number of aromatic nitrogens is 2. The Labute approximate surface area is 149 Å². The molecule has 0 amide bonds. The van der Waals surface area contributed by atoms with Gasteiger partial charge in [-0.2, -0.15) is 5.10 Å². The number of rotatable bonds is 4. The van der Waals surface area contributed by atoms with Gasteiger partial charge in [-0.05, 0) is 76.1 Å². The maximum Gasteiger partial charge on any atom is 0.0857 e. The number of hydrogen-bond acceptors (Lipinski definition) is 2. The molecule has 3 nitrogen and oxygen atoms in total. The van der Waals surface area contributed by atoms with Crippen molar-refractivity contribution in [2.45, 2.75) is 32.9 Å². The molecular formula is C14H15Br2IN2O. The van der Waals surface area contributed by atoms with Gasteiger partial charge in [0.1, 0.15) is 0 Å². The van der Waals surface area contributed by atoms with Crippen LogP contribution < -0.4 is 0 Å².